The molecule has 15 heavy (non-hydrogen) atoms. The van der Waals surface area contributed by atoms with Crippen molar-refractivity contribution in [3.63, 3.8) is 0 Å². The Labute approximate surface area is 98.5 Å². The summed E-state index contributed by atoms with van der Waals surface area (Å²) < 4.78 is 5.00. The highest BCUT2D eigenvalue weighted by atomic mass is 32.2. The van der Waals surface area contributed by atoms with Gasteiger partial charge in [-0.05, 0) is 12.2 Å². The van der Waals surface area contributed by atoms with Gasteiger partial charge in [0.1, 0.15) is 16.0 Å². The number of aromatic nitrogens is 1. The Morgan fingerprint density at radius 1 is 1.60 bits per heavy atom. The van der Waals surface area contributed by atoms with Crippen molar-refractivity contribution in [2.75, 3.05) is 12.9 Å². The number of nitriles is 1. The number of thioether (sulfide) groups is 1. The fourth-order valence-electron chi connectivity index (χ4n) is 1.09. The minimum atomic E-state index is 0.428. The largest absolute Gasteiger partial charge is 0.378 e. The van der Waals surface area contributed by atoms with Crippen LogP contribution in [0.3, 0.4) is 0 Å². The molecule has 0 N–H and O–H groups in total. The molecule has 0 atom stereocenters. The second kappa shape index (κ2) is 6.83. The molecular weight excluding hydrogens is 228 g/mol. The van der Waals surface area contributed by atoms with Crippen LogP contribution in [0.4, 0.5) is 0 Å². The monoisotopic (exact) mass is 242 g/mol. The summed E-state index contributed by atoms with van der Waals surface area (Å²) in [6.45, 7) is 2.59. The Morgan fingerprint density at radius 2 is 2.40 bits per heavy atom. The minimum absolute atomic E-state index is 0.428. The highest BCUT2D eigenvalue weighted by molar-refractivity contribution is 7.98. The molecule has 0 bridgehead atoms. The Morgan fingerprint density at radius 3 is 3.00 bits per heavy atom. The van der Waals surface area contributed by atoms with E-state index < -0.39 is 0 Å². The lowest BCUT2D eigenvalue weighted by Crippen LogP contribution is -1.91. The van der Waals surface area contributed by atoms with E-state index in [9.17, 15) is 0 Å². The molecule has 0 spiro atoms. The SMILES string of the molecule is CCCSCc1nc(COC)c(C#N)s1. The maximum absolute atomic E-state index is 8.89. The van der Waals surface area contributed by atoms with Crippen molar-refractivity contribution >= 4 is 23.1 Å². The van der Waals surface area contributed by atoms with Gasteiger partial charge >= 0.3 is 0 Å². The lowest BCUT2D eigenvalue weighted by Gasteiger charge is -1.94. The second-order valence-corrected chi connectivity index (χ2v) is 5.17. The number of ether oxygens (including phenoxy) is 1. The summed E-state index contributed by atoms with van der Waals surface area (Å²) in [5.74, 6) is 2.04. The summed E-state index contributed by atoms with van der Waals surface area (Å²) in [5, 5.41) is 9.91. The smallest absolute Gasteiger partial charge is 0.130 e. The molecule has 5 heteroatoms. The highest BCUT2D eigenvalue weighted by Gasteiger charge is 2.10. The zero-order chi connectivity index (χ0) is 11.1. The van der Waals surface area contributed by atoms with Crippen LogP contribution in [-0.2, 0) is 17.1 Å². The van der Waals surface area contributed by atoms with E-state index >= 15 is 0 Å². The molecule has 82 valence electrons. The molecule has 0 radical (unpaired) electrons. The van der Waals surface area contributed by atoms with E-state index in [1.807, 2.05) is 11.8 Å². The van der Waals surface area contributed by atoms with Crippen molar-refractivity contribution in [1.29, 1.82) is 5.26 Å². The van der Waals surface area contributed by atoms with E-state index in [1.165, 1.54) is 17.8 Å². The van der Waals surface area contributed by atoms with E-state index in [1.54, 1.807) is 7.11 Å². The first-order valence-electron chi connectivity index (χ1n) is 4.77. The van der Waals surface area contributed by atoms with Gasteiger partial charge in [-0.15, -0.1) is 11.3 Å². The van der Waals surface area contributed by atoms with E-state index in [0.717, 1.165) is 22.2 Å². The van der Waals surface area contributed by atoms with Crippen LogP contribution in [0.5, 0.6) is 0 Å². The average molecular weight is 242 g/mol. The molecule has 1 heterocycles. The van der Waals surface area contributed by atoms with Gasteiger partial charge in [0.15, 0.2) is 0 Å². The molecule has 1 aromatic rings. The van der Waals surface area contributed by atoms with E-state index in [0.29, 0.717) is 11.5 Å². The van der Waals surface area contributed by atoms with Gasteiger partial charge < -0.3 is 4.74 Å². The van der Waals surface area contributed by atoms with E-state index in [4.69, 9.17) is 10.00 Å². The predicted octanol–water partition coefficient (Wildman–Crippen LogP) is 2.80. The van der Waals surface area contributed by atoms with E-state index in [-0.39, 0.29) is 0 Å². The lowest BCUT2D eigenvalue weighted by atomic mass is 10.4. The molecule has 0 amide bonds. The van der Waals surface area contributed by atoms with Crippen molar-refractivity contribution in [3.8, 4) is 6.07 Å². The van der Waals surface area contributed by atoms with Crippen molar-refractivity contribution < 1.29 is 4.74 Å². The summed E-state index contributed by atoms with van der Waals surface area (Å²) in [4.78, 5) is 5.08. The molecular formula is C10H14N2OS2. The Kier molecular flexibility index (Phi) is 5.69. The van der Waals surface area contributed by atoms with E-state index in [2.05, 4.69) is 18.0 Å². The second-order valence-electron chi connectivity index (χ2n) is 2.98. The number of rotatable bonds is 6. The molecule has 1 aromatic heterocycles. The highest BCUT2D eigenvalue weighted by Crippen LogP contribution is 2.22. The molecule has 0 aromatic carbocycles. The van der Waals surface area contributed by atoms with Gasteiger partial charge in [0, 0.05) is 12.9 Å². The molecule has 0 saturated heterocycles. The average Bonchev–Trinajstić information content (AvgIpc) is 2.62. The van der Waals surface area contributed by atoms with Gasteiger partial charge in [-0.2, -0.15) is 17.0 Å². The maximum atomic E-state index is 8.89. The normalized spacial score (nSPS) is 10.2. The number of thiazole rings is 1. The number of hydrogen-bond acceptors (Lipinski definition) is 5. The van der Waals surface area contributed by atoms with Crippen molar-refractivity contribution in [1.82, 2.24) is 4.98 Å². The Bertz CT molecular complexity index is 344. The van der Waals surface area contributed by atoms with Crippen LogP contribution in [0, 0.1) is 11.3 Å². The van der Waals surface area contributed by atoms with Crippen LogP contribution in [0.1, 0.15) is 28.9 Å². The van der Waals surface area contributed by atoms with Crippen LogP contribution in [0.15, 0.2) is 0 Å². The van der Waals surface area contributed by atoms with Crippen molar-refractivity contribution in [3.05, 3.63) is 15.6 Å². The molecule has 0 aliphatic heterocycles. The summed E-state index contributed by atoms with van der Waals surface area (Å²) in [7, 11) is 1.62. The van der Waals surface area contributed by atoms with Crippen LogP contribution >= 0.6 is 23.1 Å². The zero-order valence-corrected chi connectivity index (χ0v) is 10.6. The lowest BCUT2D eigenvalue weighted by molar-refractivity contribution is 0.181. The predicted molar refractivity (Wildman–Crippen MR) is 64.0 cm³/mol. The van der Waals surface area contributed by atoms with Gasteiger partial charge in [0.05, 0.1) is 12.3 Å². The van der Waals surface area contributed by atoms with Crippen LogP contribution in [-0.4, -0.2) is 17.8 Å². The third-order valence-corrected chi connectivity index (χ3v) is 4.06. The minimum Gasteiger partial charge on any atom is -0.378 e. The first kappa shape index (κ1) is 12.5. The van der Waals surface area contributed by atoms with Gasteiger partial charge in [-0.1, -0.05) is 6.92 Å². The van der Waals surface area contributed by atoms with Crippen molar-refractivity contribution in [2.45, 2.75) is 25.7 Å². The van der Waals surface area contributed by atoms with Crippen LogP contribution in [0.2, 0.25) is 0 Å². The summed E-state index contributed by atoms with van der Waals surface area (Å²) >= 11 is 3.33. The Balaban J connectivity index is 2.62. The van der Waals surface area contributed by atoms with Crippen LogP contribution in [0.25, 0.3) is 0 Å². The molecule has 0 aliphatic rings. The first-order chi connectivity index (χ1) is 7.31. The molecule has 0 aliphatic carbocycles. The summed E-state index contributed by atoms with van der Waals surface area (Å²) in [6.07, 6.45) is 1.17. The fraction of sp³-hybridized carbons (Fsp3) is 0.600. The van der Waals surface area contributed by atoms with Gasteiger partial charge in [-0.25, -0.2) is 4.98 Å². The Hall–Kier alpha value is -0.570. The number of nitrogens with zero attached hydrogens (tertiary/aromatic N) is 2. The number of methoxy groups -OCH3 is 1. The topological polar surface area (TPSA) is 45.9 Å². The third-order valence-electron chi connectivity index (χ3n) is 1.70. The summed E-state index contributed by atoms with van der Waals surface area (Å²) in [6, 6.07) is 2.16. The molecule has 3 nitrogen and oxygen atoms in total. The molecule has 0 fully saturated rings. The maximum Gasteiger partial charge on any atom is 0.130 e. The molecule has 0 unspecified atom stereocenters. The first-order valence-corrected chi connectivity index (χ1v) is 6.74. The zero-order valence-electron chi connectivity index (χ0n) is 8.95. The van der Waals surface area contributed by atoms with Gasteiger partial charge in [0.2, 0.25) is 0 Å². The molecule has 0 saturated carbocycles. The standard InChI is InChI=1S/C10H14N2OS2/c1-3-4-14-7-10-12-8(6-13-2)9(5-11)15-10/h3-4,6-7H2,1-2H3. The van der Waals surface area contributed by atoms with Crippen LogP contribution < -0.4 is 0 Å². The molecule has 1 rings (SSSR count). The van der Waals surface area contributed by atoms with Gasteiger partial charge in [-0.3, -0.25) is 0 Å². The fourth-order valence-corrected chi connectivity index (χ4v) is 2.91. The quantitative estimate of drug-likeness (QED) is 0.720. The van der Waals surface area contributed by atoms with Crippen molar-refractivity contribution in [2.24, 2.45) is 0 Å². The van der Waals surface area contributed by atoms with Gasteiger partial charge in [0.25, 0.3) is 0 Å². The third kappa shape index (κ3) is 3.82. The number of hydrogen-bond donors (Lipinski definition) is 0. The summed E-state index contributed by atoms with van der Waals surface area (Å²) in [5.41, 5.74) is 0.775.